The van der Waals surface area contributed by atoms with E-state index in [4.69, 9.17) is 9.40 Å². The van der Waals surface area contributed by atoms with E-state index in [1.165, 1.54) is 32.6 Å². The average molecular weight is 374 g/mol. The molecule has 0 saturated carbocycles. The van der Waals surface area contributed by atoms with E-state index in [1.807, 2.05) is 6.20 Å². The van der Waals surface area contributed by atoms with Crippen molar-refractivity contribution in [3.05, 3.63) is 59.3 Å². The molecular formula is C24H27NOSi. The maximum atomic E-state index is 6.52. The van der Waals surface area contributed by atoms with E-state index in [2.05, 4.69) is 76.8 Å². The number of fused-ring (bicyclic) bond motifs is 3. The first-order valence-corrected chi connectivity index (χ1v) is 13.2. The zero-order chi connectivity index (χ0) is 19.3. The summed E-state index contributed by atoms with van der Waals surface area (Å²) in [5.41, 5.74) is 7.81. The molecular weight excluding hydrogens is 346 g/mol. The van der Waals surface area contributed by atoms with Gasteiger partial charge in [0.25, 0.3) is 0 Å². The smallest absolute Gasteiger partial charge is 0.144 e. The van der Waals surface area contributed by atoms with Gasteiger partial charge in [-0.2, -0.15) is 0 Å². The standard InChI is InChI=1S/C24H27NOSi/c1-7-17-9-12-20(25-14-17)18-11-13-21(27(4,5)6)22-19-10-8-15(2)16(3)23(19)26-24(18)22/h8-14H,7H2,1-6H3. The number of rotatable bonds is 3. The van der Waals surface area contributed by atoms with Crippen molar-refractivity contribution in [3.63, 3.8) is 0 Å². The molecule has 0 amide bonds. The van der Waals surface area contributed by atoms with Gasteiger partial charge in [-0.3, -0.25) is 4.98 Å². The highest BCUT2D eigenvalue weighted by molar-refractivity contribution is 6.90. The van der Waals surface area contributed by atoms with Gasteiger partial charge in [0.2, 0.25) is 0 Å². The summed E-state index contributed by atoms with van der Waals surface area (Å²) in [5.74, 6) is 0. The van der Waals surface area contributed by atoms with Crippen LogP contribution in [0.4, 0.5) is 0 Å². The van der Waals surface area contributed by atoms with Crippen LogP contribution in [0.2, 0.25) is 19.6 Å². The number of nitrogens with zero attached hydrogens (tertiary/aromatic N) is 1. The molecule has 0 bridgehead atoms. The van der Waals surface area contributed by atoms with Crippen molar-refractivity contribution in [2.75, 3.05) is 0 Å². The highest BCUT2D eigenvalue weighted by Crippen LogP contribution is 2.37. The van der Waals surface area contributed by atoms with Crippen LogP contribution in [0.15, 0.2) is 47.0 Å². The van der Waals surface area contributed by atoms with Gasteiger partial charge in [0.15, 0.2) is 0 Å². The maximum absolute atomic E-state index is 6.52. The van der Waals surface area contributed by atoms with Gasteiger partial charge in [-0.15, -0.1) is 0 Å². The molecule has 0 unspecified atom stereocenters. The second-order valence-electron chi connectivity index (χ2n) is 8.51. The third-order valence-corrected chi connectivity index (χ3v) is 7.66. The second-order valence-corrected chi connectivity index (χ2v) is 13.5. The van der Waals surface area contributed by atoms with Gasteiger partial charge in [-0.25, -0.2) is 0 Å². The first-order valence-electron chi connectivity index (χ1n) is 9.72. The summed E-state index contributed by atoms with van der Waals surface area (Å²) in [6.07, 6.45) is 2.98. The summed E-state index contributed by atoms with van der Waals surface area (Å²) in [7, 11) is -1.53. The fraction of sp³-hybridized carbons (Fsp3) is 0.292. The number of benzene rings is 2. The Morgan fingerprint density at radius 1 is 0.926 bits per heavy atom. The molecule has 3 heteroatoms. The molecule has 0 fully saturated rings. The van der Waals surface area contributed by atoms with Crippen LogP contribution in [0.25, 0.3) is 33.2 Å². The molecule has 2 heterocycles. The minimum Gasteiger partial charge on any atom is -0.455 e. The lowest BCUT2D eigenvalue weighted by atomic mass is 10.0. The molecule has 0 radical (unpaired) electrons. The van der Waals surface area contributed by atoms with Crippen LogP contribution < -0.4 is 5.19 Å². The van der Waals surface area contributed by atoms with Crippen LogP contribution in [-0.4, -0.2) is 13.1 Å². The Bertz CT molecular complexity index is 1150. The van der Waals surface area contributed by atoms with Gasteiger partial charge in [0.05, 0.1) is 13.8 Å². The number of aryl methyl sites for hydroxylation is 3. The van der Waals surface area contributed by atoms with E-state index >= 15 is 0 Å². The Labute approximate surface area is 162 Å². The minimum atomic E-state index is -1.53. The molecule has 4 aromatic rings. The van der Waals surface area contributed by atoms with Crippen molar-refractivity contribution in [2.45, 2.75) is 46.8 Å². The summed E-state index contributed by atoms with van der Waals surface area (Å²) in [6.45, 7) is 13.7. The van der Waals surface area contributed by atoms with Crippen LogP contribution >= 0.6 is 0 Å². The molecule has 0 spiro atoms. The molecule has 138 valence electrons. The van der Waals surface area contributed by atoms with E-state index in [0.29, 0.717) is 0 Å². The van der Waals surface area contributed by atoms with Crippen molar-refractivity contribution in [2.24, 2.45) is 0 Å². The van der Waals surface area contributed by atoms with E-state index < -0.39 is 8.07 Å². The maximum Gasteiger partial charge on any atom is 0.144 e. The summed E-state index contributed by atoms with van der Waals surface area (Å²) >= 11 is 0. The number of pyridine rings is 1. The lowest BCUT2D eigenvalue weighted by molar-refractivity contribution is 0.666. The fourth-order valence-corrected chi connectivity index (χ4v) is 5.38. The molecule has 4 rings (SSSR count). The molecule has 27 heavy (non-hydrogen) atoms. The van der Waals surface area contributed by atoms with Crippen molar-refractivity contribution in [1.29, 1.82) is 0 Å². The quantitative estimate of drug-likeness (QED) is 0.390. The van der Waals surface area contributed by atoms with Gasteiger partial charge in [-0.05, 0) is 54.3 Å². The Morgan fingerprint density at radius 2 is 1.70 bits per heavy atom. The first-order chi connectivity index (χ1) is 12.8. The second kappa shape index (κ2) is 6.34. The number of furan rings is 1. The lowest BCUT2D eigenvalue weighted by Crippen LogP contribution is -2.37. The molecule has 0 aliphatic heterocycles. The topological polar surface area (TPSA) is 26.0 Å². The summed E-state index contributed by atoms with van der Waals surface area (Å²) < 4.78 is 6.52. The third kappa shape index (κ3) is 2.90. The number of aromatic nitrogens is 1. The van der Waals surface area contributed by atoms with Crippen LogP contribution in [0.3, 0.4) is 0 Å². The molecule has 0 saturated heterocycles. The van der Waals surface area contributed by atoms with Crippen LogP contribution in [-0.2, 0) is 6.42 Å². The highest BCUT2D eigenvalue weighted by atomic mass is 28.3. The molecule has 0 aliphatic carbocycles. The Hall–Kier alpha value is -2.39. The normalized spacial score (nSPS) is 12.2. The first kappa shape index (κ1) is 18.0. The van der Waals surface area contributed by atoms with Crippen molar-refractivity contribution >= 4 is 35.2 Å². The fourth-order valence-electron chi connectivity index (χ4n) is 3.80. The van der Waals surface area contributed by atoms with Gasteiger partial charge in [-0.1, -0.05) is 50.8 Å². The Kier molecular flexibility index (Phi) is 4.23. The zero-order valence-corrected chi connectivity index (χ0v) is 18.1. The lowest BCUT2D eigenvalue weighted by Gasteiger charge is -2.19. The van der Waals surface area contributed by atoms with E-state index in [1.54, 1.807) is 0 Å². The van der Waals surface area contributed by atoms with Crippen molar-refractivity contribution in [3.8, 4) is 11.3 Å². The predicted octanol–water partition coefficient (Wildman–Crippen LogP) is 6.37. The van der Waals surface area contributed by atoms with Crippen molar-refractivity contribution in [1.82, 2.24) is 4.98 Å². The third-order valence-electron chi connectivity index (χ3n) is 5.62. The minimum absolute atomic E-state index is 0.979. The van der Waals surface area contributed by atoms with Crippen molar-refractivity contribution < 1.29 is 4.42 Å². The average Bonchev–Trinajstić information content (AvgIpc) is 3.03. The summed E-state index contributed by atoms with van der Waals surface area (Å²) in [4.78, 5) is 4.72. The zero-order valence-electron chi connectivity index (χ0n) is 17.1. The predicted molar refractivity (Wildman–Crippen MR) is 119 cm³/mol. The van der Waals surface area contributed by atoms with Gasteiger partial charge >= 0.3 is 0 Å². The Balaban J connectivity index is 2.11. The summed E-state index contributed by atoms with van der Waals surface area (Å²) in [6, 6.07) is 13.2. The van der Waals surface area contributed by atoms with Crippen LogP contribution in [0, 0.1) is 13.8 Å². The molecule has 2 aromatic heterocycles. The molecule has 0 aliphatic rings. The number of hydrogen-bond acceptors (Lipinski definition) is 2. The summed E-state index contributed by atoms with van der Waals surface area (Å²) in [5, 5.41) is 3.97. The Morgan fingerprint density at radius 3 is 2.33 bits per heavy atom. The molecule has 2 aromatic carbocycles. The van der Waals surface area contributed by atoms with E-state index in [-0.39, 0.29) is 0 Å². The molecule has 2 nitrogen and oxygen atoms in total. The van der Waals surface area contributed by atoms with Crippen LogP contribution in [0.1, 0.15) is 23.6 Å². The van der Waals surface area contributed by atoms with Gasteiger partial charge in [0.1, 0.15) is 11.2 Å². The molecule has 0 atom stereocenters. The molecule has 0 N–H and O–H groups in total. The monoisotopic (exact) mass is 373 g/mol. The largest absolute Gasteiger partial charge is 0.455 e. The van der Waals surface area contributed by atoms with E-state index in [9.17, 15) is 0 Å². The van der Waals surface area contributed by atoms with E-state index in [0.717, 1.165) is 28.8 Å². The number of hydrogen-bond donors (Lipinski definition) is 0. The highest BCUT2D eigenvalue weighted by Gasteiger charge is 2.25. The SMILES string of the molecule is CCc1ccc(-c2ccc([Si](C)(C)C)c3c2oc2c(C)c(C)ccc23)nc1. The van der Waals surface area contributed by atoms with Gasteiger partial charge in [0, 0.05) is 22.5 Å². The van der Waals surface area contributed by atoms with Crippen LogP contribution in [0.5, 0.6) is 0 Å². The van der Waals surface area contributed by atoms with Gasteiger partial charge < -0.3 is 4.42 Å².